The average molecular weight is 460 g/mol. The lowest BCUT2D eigenvalue weighted by Gasteiger charge is -2.18. The number of aromatic nitrogens is 2. The number of thiophene rings is 1. The minimum atomic E-state index is -0.791. The number of hydrogen-bond donors (Lipinski definition) is 1. The fourth-order valence-corrected chi connectivity index (χ4v) is 4.34. The highest BCUT2D eigenvalue weighted by Crippen LogP contribution is 2.29. The number of nitrogens with zero attached hydrogens (tertiary/aromatic N) is 2. The first-order valence-corrected chi connectivity index (χ1v) is 10.8. The number of methoxy groups -OCH3 is 2. The number of carbonyl (C=O) groups is 2. The second kappa shape index (κ2) is 10.4. The van der Waals surface area contributed by atoms with Crippen LogP contribution in [-0.4, -0.2) is 48.9 Å². The van der Waals surface area contributed by atoms with Gasteiger partial charge in [-0.3, -0.25) is 14.2 Å². The van der Waals surface area contributed by atoms with Gasteiger partial charge < -0.3 is 19.5 Å². The Balaban J connectivity index is 1.94. The monoisotopic (exact) mass is 459 g/mol. The zero-order valence-electron chi connectivity index (χ0n) is 18.3. The number of nitrogens with one attached hydrogen (secondary N) is 1. The van der Waals surface area contributed by atoms with E-state index in [0.29, 0.717) is 38.5 Å². The van der Waals surface area contributed by atoms with Gasteiger partial charge in [-0.15, -0.1) is 11.3 Å². The number of ether oxygens (including phenoxy) is 3. The predicted octanol–water partition coefficient (Wildman–Crippen LogP) is 3.17. The third-order valence-electron chi connectivity index (χ3n) is 4.97. The summed E-state index contributed by atoms with van der Waals surface area (Å²) in [6, 6.07) is 6.24. The molecule has 0 saturated carbocycles. The number of rotatable bonds is 9. The molecule has 0 aliphatic rings. The van der Waals surface area contributed by atoms with E-state index < -0.39 is 12.0 Å². The van der Waals surface area contributed by atoms with Crippen LogP contribution in [0.5, 0.6) is 5.75 Å². The van der Waals surface area contributed by atoms with Crippen LogP contribution in [0, 0.1) is 6.92 Å². The molecule has 0 aliphatic carbocycles. The molecule has 2 heterocycles. The maximum atomic E-state index is 13.3. The molecular formula is C22H25N3O6S. The van der Waals surface area contributed by atoms with Crippen LogP contribution in [0.4, 0.5) is 5.69 Å². The van der Waals surface area contributed by atoms with E-state index in [0.717, 1.165) is 11.3 Å². The fraction of sp³-hybridized carbons (Fsp3) is 0.364. The first kappa shape index (κ1) is 23.4. The minimum Gasteiger partial charge on any atom is -0.495 e. The predicted molar refractivity (Wildman–Crippen MR) is 122 cm³/mol. The summed E-state index contributed by atoms with van der Waals surface area (Å²) >= 11 is 1.09. The number of anilines is 1. The van der Waals surface area contributed by atoms with Crippen molar-refractivity contribution >= 4 is 39.1 Å². The maximum absolute atomic E-state index is 13.3. The summed E-state index contributed by atoms with van der Waals surface area (Å²) in [7, 11) is 3.03. The van der Waals surface area contributed by atoms with E-state index in [4.69, 9.17) is 14.2 Å². The van der Waals surface area contributed by atoms with Crippen molar-refractivity contribution in [2.24, 2.45) is 0 Å². The second-order valence-electron chi connectivity index (χ2n) is 6.94. The van der Waals surface area contributed by atoms with Crippen LogP contribution < -0.4 is 15.6 Å². The zero-order valence-corrected chi connectivity index (χ0v) is 19.2. The number of amides is 1. The SMILES string of the molecule is CCC(C(=O)Nc1ccccc1OC)n1cnc2sc(C(=O)OCCOC)c(C)c2c1=O. The van der Waals surface area contributed by atoms with Crippen molar-refractivity contribution in [2.45, 2.75) is 26.3 Å². The van der Waals surface area contributed by atoms with Gasteiger partial charge in [-0.1, -0.05) is 19.1 Å². The summed E-state index contributed by atoms with van der Waals surface area (Å²) in [6.07, 6.45) is 1.71. The van der Waals surface area contributed by atoms with Crippen LogP contribution >= 0.6 is 11.3 Å². The molecule has 32 heavy (non-hydrogen) atoms. The van der Waals surface area contributed by atoms with Crippen molar-refractivity contribution < 1.29 is 23.8 Å². The molecule has 10 heteroatoms. The van der Waals surface area contributed by atoms with Gasteiger partial charge in [0.15, 0.2) is 0 Å². The van der Waals surface area contributed by atoms with Crippen LogP contribution in [0.15, 0.2) is 35.4 Å². The molecule has 1 unspecified atom stereocenters. The molecule has 1 aromatic carbocycles. The molecule has 170 valence electrons. The largest absolute Gasteiger partial charge is 0.495 e. The molecule has 2 aromatic heterocycles. The lowest BCUT2D eigenvalue weighted by molar-refractivity contribution is -0.119. The van der Waals surface area contributed by atoms with Crippen LogP contribution in [0.1, 0.15) is 34.6 Å². The molecule has 3 rings (SSSR count). The van der Waals surface area contributed by atoms with E-state index in [1.165, 1.54) is 25.1 Å². The number of esters is 1. The van der Waals surface area contributed by atoms with Crippen molar-refractivity contribution in [3.8, 4) is 5.75 Å². The molecule has 0 radical (unpaired) electrons. The highest BCUT2D eigenvalue weighted by atomic mass is 32.1. The van der Waals surface area contributed by atoms with Gasteiger partial charge in [0.25, 0.3) is 5.56 Å². The topological polar surface area (TPSA) is 109 Å². The van der Waals surface area contributed by atoms with Crippen molar-refractivity contribution in [1.29, 1.82) is 0 Å². The lowest BCUT2D eigenvalue weighted by atomic mass is 10.1. The molecule has 1 N–H and O–H groups in total. The molecule has 0 spiro atoms. The fourth-order valence-electron chi connectivity index (χ4n) is 3.31. The maximum Gasteiger partial charge on any atom is 0.348 e. The van der Waals surface area contributed by atoms with Crippen molar-refractivity contribution in [3.63, 3.8) is 0 Å². The summed E-state index contributed by atoms with van der Waals surface area (Å²) in [6.45, 7) is 3.87. The van der Waals surface area contributed by atoms with E-state index in [1.807, 2.05) is 6.92 Å². The summed E-state index contributed by atoms with van der Waals surface area (Å²) < 4.78 is 16.6. The van der Waals surface area contributed by atoms with Gasteiger partial charge >= 0.3 is 5.97 Å². The highest BCUT2D eigenvalue weighted by molar-refractivity contribution is 7.20. The van der Waals surface area contributed by atoms with Crippen molar-refractivity contribution in [2.75, 3.05) is 32.8 Å². The second-order valence-corrected chi connectivity index (χ2v) is 7.93. The standard InChI is InChI=1S/C22H25N3O6S/c1-5-15(19(26)24-14-8-6-7-9-16(14)30-4)25-12-23-20-17(21(25)27)13(2)18(32-20)22(28)31-11-10-29-3/h6-9,12,15H,5,10-11H2,1-4H3,(H,24,26). The smallest absolute Gasteiger partial charge is 0.348 e. The van der Waals surface area contributed by atoms with Gasteiger partial charge in [0.2, 0.25) is 5.91 Å². The van der Waals surface area contributed by atoms with Crippen LogP contribution in [0.25, 0.3) is 10.2 Å². The van der Waals surface area contributed by atoms with Gasteiger partial charge in [-0.2, -0.15) is 0 Å². The normalized spacial score (nSPS) is 11.9. The third kappa shape index (κ3) is 4.66. The molecule has 0 aliphatic heterocycles. The van der Waals surface area contributed by atoms with E-state index >= 15 is 0 Å². The van der Waals surface area contributed by atoms with Crippen LogP contribution in [-0.2, 0) is 14.3 Å². The van der Waals surface area contributed by atoms with Crippen LogP contribution in [0.3, 0.4) is 0 Å². The molecule has 3 aromatic rings. The number of aryl methyl sites for hydroxylation is 1. The average Bonchev–Trinajstić information content (AvgIpc) is 3.13. The first-order valence-electron chi connectivity index (χ1n) is 10.0. The Morgan fingerprint density at radius 1 is 1.22 bits per heavy atom. The minimum absolute atomic E-state index is 0.113. The van der Waals surface area contributed by atoms with Gasteiger partial charge in [-0.05, 0) is 31.0 Å². The number of carbonyl (C=O) groups excluding carboxylic acids is 2. The van der Waals surface area contributed by atoms with Crippen molar-refractivity contribution in [1.82, 2.24) is 9.55 Å². The molecule has 9 nitrogen and oxygen atoms in total. The number of benzene rings is 1. The van der Waals surface area contributed by atoms with Gasteiger partial charge in [-0.25, -0.2) is 9.78 Å². The number of hydrogen-bond acceptors (Lipinski definition) is 8. The van der Waals surface area contributed by atoms with E-state index in [1.54, 1.807) is 31.2 Å². The first-order chi connectivity index (χ1) is 15.4. The van der Waals surface area contributed by atoms with E-state index in [2.05, 4.69) is 10.3 Å². The Kier molecular flexibility index (Phi) is 7.60. The van der Waals surface area contributed by atoms with Crippen LogP contribution in [0.2, 0.25) is 0 Å². The summed E-state index contributed by atoms with van der Waals surface area (Å²) in [4.78, 5) is 43.7. The molecule has 1 amide bonds. The Hall–Kier alpha value is -3.24. The lowest BCUT2D eigenvalue weighted by Crippen LogP contribution is -2.33. The highest BCUT2D eigenvalue weighted by Gasteiger charge is 2.25. The third-order valence-corrected chi connectivity index (χ3v) is 6.15. The molecule has 0 saturated heterocycles. The number of para-hydroxylation sites is 2. The van der Waals surface area contributed by atoms with Gasteiger partial charge in [0.1, 0.15) is 28.1 Å². The summed E-state index contributed by atoms with van der Waals surface area (Å²) in [5, 5.41) is 3.12. The molecule has 0 fully saturated rings. The van der Waals surface area contributed by atoms with E-state index in [-0.39, 0.29) is 24.7 Å². The Labute approximate surface area is 188 Å². The quantitative estimate of drug-likeness (QED) is 0.387. The van der Waals surface area contributed by atoms with Gasteiger partial charge in [0, 0.05) is 7.11 Å². The van der Waals surface area contributed by atoms with Crippen molar-refractivity contribution in [3.05, 3.63) is 51.4 Å². The zero-order chi connectivity index (χ0) is 23.3. The summed E-state index contributed by atoms with van der Waals surface area (Å²) in [5.41, 5.74) is 0.606. The van der Waals surface area contributed by atoms with E-state index in [9.17, 15) is 14.4 Å². The molecule has 1 atom stereocenters. The summed E-state index contributed by atoms with van der Waals surface area (Å²) in [5.74, 6) is -0.385. The number of fused-ring (bicyclic) bond motifs is 1. The Bertz CT molecular complexity index is 1190. The molecule has 0 bridgehead atoms. The Morgan fingerprint density at radius 3 is 2.66 bits per heavy atom. The van der Waals surface area contributed by atoms with Gasteiger partial charge in [0.05, 0.1) is 31.1 Å². The Morgan fingerprint density at radius 2 is 1.97 bits per heavy atom. The molecular weight excluding hydrogens is 434 g/mol.